The maximum atomic E-state index is 12.8. The maximum Gasteiger partial charge on any atom is 0.318 e. The lowest BCUT2D eigenvalue weighted by atomic mass is 10.1. The van der Waals surface area contributed by atoms with E-state index < -0.39 is 0 Å². The summed E-state index contributed by atoms with van der Waals surface area (Å²) in [6, 6.07) is 9.45. The third kappa shape index (κ3) is 3.22. The number of aromatic nitrogens is 3. The highest BCUT2D eigenvalue weighted by molar-refractivity contribution is 5.74. The number of rotatable bonds is 3. The third-order valence-electron chi connectivity index (χ3n) is 4.67. The van der Waals surface area contributed by atoms with Crippen LogP contribution in [-0.2, 0) is 6.54 Å². The fraction of sp³-hybridized carbons (Fsp3) is 0.389. The number of nitrogens with one attached hydrogen (secondary N) is 1. The summed E-state index contributed by atoms with van der Waals surface area (Å²) >= 11 is 0. The second-order valence-electron chi connectivity index (χ2n) is 6.28. The molecule has 1 fully saturated rings. The number of urea groups is 1. The highest BCUT2D eigenvalue weighted by Gasteiger charge is 2.28. The average molecular weight is 339 g/mol. The molecule has 1 atom stereocenters. The number of hydrogen-bond acceptors (Lipinski definition) is 4. The molecule has 130 valence electrons. The van der Waals surface area contributed by atoms with E-state index in [0.29, 0.717) is 12.4 Å². The van der Waals surface area contributed by atoms with Crippen LogP contribution in [0, 0.1) is 0 Å². The van der Waals surface area contributed by atoms with Crippen LogP contribution in [0.5, 0.6) is 0 Å². The smallest absolute Gasteiger partial charge is 0.318 e. The molecule has 1 N–H and O–H groups in total. The Morgan fingerprint density at radius 3 is 3.04 bits per heavy atom. The number of pyridine rings is 1. The predicted octanol–water partition coefficient (Wildman–Crippen LogP) is 3.15. The van der Waals surface area contributed by atoms with Crippen molar-refractivity contribution >= 4 is 11.7 Å². The Hall–Kier alpha value is -2.83. The van der Waals surface area contributed by atoms with Crippen LogP contribution in [0.2, 0.25) is 0 Å². The van der Waals surface area contributed by atoms with E-state index in [9.17, 15) is 4.79 Å². The Balaban J connectivity index is 1.48. The van der Waals surface area contributed by atoms with Gasteiger partial charge in [-0.1, -0.05) is 18.9 Å². The van der Waals surface area contributed by atoms with E-state index in [2.05, 4.69) is 15.5 Å². The molecule has 3 aromatic heterocycles. The average Bonchev–Trinajstić information content (AvgIpc) is 3.24. The van der Waals surface area contributed by atoms with E-state index in [1.165, 1.54) is 0 Å². The van der Waals surface area contributed by atoms with Crippen LogP contribution >= 0.6 is 0 Å². The van der Waals surface area contributed by atoms with Crippen LogP contribution < -0.4 is 5.32 Å². The molecule has 1 aliphatic heterocycles. The molecule has 0 aromatic carbocycles. The number of hydrogen-bond donors (Lipinski definition) is 1. The van der Waals surface area contributed by atoms with Gasteiger partial charge in [0.1, 0.15) is 5.76 Å². The summed E-state index contributed by atoms with van der Waals surface area (Å²) in [6.07, 6.45) is 7.74. The molecule has 4 rings (SSSR count). The first kappa shape index (κ1) is 15.7. The molecular weight excluding hydrogens is 318 g/mol. The van der Waals surface area contributed by atoms with Crippen LogP contribution in [0.1, 0.15) is 43.3 Å². The highest BCUT2D eigenvalue weighted by Crippen LogP contribution is 2.30. The predicted molar refractivity (Wildman–Crippen MR) is 91.8 cm³/mol. The minimum absolute atomic E-state index is 0.00681. The van der Waals surface area contributed by atoms with Gasteiger partial charge >= 0.3 is 6.03 Å². The molecule has 0 unspecified atom stereocenters. The Kier molecular flexibility index (Phi) is 4.37. The summed E-state index contributed by atoms with van der Waals surface area (Å²) in [5.41, 5.74) is 0.773. The van der Waals surface area contributed by atoms with Gasteiger partial charge in [0.2, 0.25) is 0 Å². The lowest BCUT2D eigenvalue weighted by Crippen LogP contribution is -2.42. The van der Waals surface area contributed by atoms with Crippen LogP contribution in [0.4, 0.5) is 4.79 Å². The number of carbonyl (C=O) groups is 1. The molecule has 25 heavy (non-hydrogen) atoms. The van der Waals surface area contributed by atoms with Crippen LogP contribution in [0.25, 0.3) is 5.65 Å². The lowest BCUT2D eigenvalue weighted by Gasteiger charge is -2.28. The Bertz CT molecular complexity index is 842. The molecule has 0 spiro atoms. The molecule has 7 heteroatoms. The third-order valence-corrected chi connectivity index (χ3v) is 4.67. The highest BCUT2D eigenvalue weighted by atomic mass is 16.3. The van der Waals surface area contributed by atoms with Crippen molar-refractivity contribution in [2.45, 2.75) is 38.3 Å². The number of amides is 2. The monoisotopic (exact) mass is 339 g/mol. The molecular formula is C18H21N5O2. The maximum absolute atomic E-state index is 12.8. The van der Waals surface area contributed by atoms with E-state index in [0.717, 1.165) is 43.6 Å². The summed E-state index contributed by atoms with van der Waals surface area (Å²) in [5, 5.41) is 11.3. The van der Waals surface area contributed by atoms with Gasteiger partial charge in [-0.25, -0.2) is 4.79 Å². The van der Waals surface area contributed by atoms with Crippen molar-refractivity contribution in [3.05, 3.63) is 54.4 Å². The summed E-state index contributed by atoms with van der Waals surface area (Å²) in [6.45, 7) is 1.07. The zero-order valence-corrected chi connectivity index (χ0v) is 14.0. The molecule has 1 aliphatic rings. The lowest BCUT2D eigenvalue weighted by molar-refractivity contribution is 0.165. The van der Waals surface area contributed by atoms with Gasteiger partial charge in [-0.2, -0.15) is 0 Å². The number of furan rings is 1. The standard InChI is InChI=1S/C18H21N5O2/c24-18(19-13-17-21-20-16-9-3-5-11-23(16)17)22-10-4-1-2-7-14(22)15-8-6-12-25-15/h3,5-6,8-9,11-12,14H,1-2,4,7,10,13H2,(H,19,24)/t14-/m0/s1. The molecule has 2 amide bonds. The first-order valence-electron chi connectivity index (χ1n) is 8.69. The van der Waals surface area contributed by atoms with Gasteiger partial charge in [-0.3, -0.25) is 4.40 Å². The summed E-state index contributed by atoms with van der Waals surface area (Å²) in [4.78, 5) is 14.7. The van der Waals surface area contributed by atoms with Gasteiger partial charge in [0.25, 0.3) is 0 Å². The number of carbonyl (C=O) groups excluding carboxylic acids is 1. The summed E-state index contributed by atoms with van der Waals surface area (Å²) in [5.74, 6) is 1.57. The second kappa shape index (κ2) is 6.96. The van der Waals surface area contributed by atoms with Crippen molar-refractivity contribution in [1.29, 1.82) is 0 Å². The van der Waals surface area contributed by atoms with Crippen molar-refractivity contribution in [2.75, 3.05) is 6.54 Å². The zero-order chi connectivity index (χ0) is 17.1. The zero-order valence-electron chi connectivity index (χ0n) is 14.0. The Morgan fingerprint density at radius 2 is 2.16 bits per heavy atom. The molecule has 1 saturated heterocycles. The molecule has 0 saturated carbocycles. The van der Waals surface area contributed by atoms with Crippen molar-refractivity contribution < 1.29 is 9.21 Å². The van der Waals surface area contributed by atoms with E-state index >= 15 is 0 Å². The summed E-state index contributed by atoms with van der Waals surface area (Å²) in [7, 11) is 0. The quantitative estimate of drug-likeness (QED) is 0.795. The van der Waals surface area contributed by atoms with Crippen LogP contribution in [0.15, 0.2) is 47.2 Å². The number of nitrogens with zero attached hydrogens (tertiary/aromatic N) is 4. The van der Waals surface area contributed by atoms with Crippen molar-refractivity contribution in [3.63, 3.8) is 0 Å². The van der Waals surface area contributed by atoms with Crippen LogP contribution in [-0.4, -0.2) is 32.1 Å². The van der Waals surface area contributed by atoms with E-state index in [-0.39, 0.29) is 12.1 Å². The normalized spacial score (nSPS) is 18.2. The van der Waals surface area contributed by atoms with Crippen LogP contribution in [0.3, 0.4) is 0 Å². The largest absolute Gasteiger partial charge is 0.467 e. The van der Waals surface area contributed by atoms with Gasteiger partial charge in [0, 0.05) is 12.7 Å². The molecule has 0 aliphatic carbocycles. The van der Waals surface area contributed by atoms with Crippen molar-refractivity contribution in [2.24, 2.45) is 0 Å². The molecule has 3 aromatic rings. The van der Waals surface area contributed by atoms with E-state index in [4.69, 9.17) is 4.42 Å². The van der Waals surface area contributed by atoms with Gasteiger partial charge in [0.15, 0.2) is 11.5 Å². The number of fused-ring (bicyclic) bond motifs is 1. The first-order valence-corrected chi connectivity index (χ1v) is 8.69. The Labute approximate surface area is 145 Å². The fourth-order valence-electron chi connectivity index (χ4n) is 3.40. The number of likely N-dealkylation sites (tertiary alicyclic amines) is 1. The topological polar surface area (TPSA) is 75.7 Å². The van der Waals surface area contributed by atoms with Crippen molar-refractivity contribution in [1.82, 2.24) is 24.8 Å². The molecule has 7 nitrogen and oxygen atoms in total. The fourth-order valence-corrected chi connectivity index (χ4v) is 3.40. The van der Waals surface area contributed by atoms with Gasteiger partial charge in [0.05, 0.1) is 18.8 Å². The molecule has 0 bridgehead atoms. The van der Waals surface area contributed by atoms with Gasteiger partial charge in [-0.15, -0.1) is 10.2 Å². The van der Waals surface area contributed by atoms with E-state index in [1.54, 1.807) is 6.26 Å². The second-order valence-corrected chi connectivity index (χ2v) is 6.28. The van der Waals surface area contributed by atoms with Gasteiger partial charge < -0.3 is 14.6 Å². The summed E-state index contributed by atoms with van der Waals surface area (Å²) < 4.78 is 7.45. The minimum atomic E-state index is -0.0871. The minimum Gasteiger partial charge on any atom is -0.467 e. The Morgan fingerprint density at radius 1 is 1.20 bits per heavy atom. The van der Waals surface area contributed by atoms with Crippen molar-refractivity contribution in [3.8, 4) is 0 Å². The first-order chi connectivity index (χ1) is 12.3. The molecule has 0 radical (unpaired) electrons. The molecule has 4 heterocycles. The van der Waals surface area contributed by atoms with E-state index in [1.807, 2.05) is 45.8 Å². The SMILES string of the molecule is O=C(NCc1nnc2ccccn12)N1CCCCC[C@H]1c1ccco1. The van der Waals surface area contributed by atoms with Gasteiger partial charge in [-0.05, 0) is 37.1 Å².